The van der Waals surface area contributed by atoms with Crippen molar-refractivity contribution >= 4 is 17.6 Å². The number of benzene rings is 1. The van der Waals surface area contributed by atoms with Crippen LogP contribution in [0.15, 0.2) is 35.8 Å². The zero-order valence-corrected chi connectivity index (χ0v) is 10.6. The number of rotatable bonds is 4. The fraction of sp³-hybridized carbons (Fsp3) is 0.308. The van der Waals surface area contributed by atoms with Crippen LogP contribution in [0.1, 0.15) is 17.9 Å². The van der Waals surface area contributed by atoms with Crippen molar-refractivity contribution in [3.8, 4) is 0 Å². The number of nitrogens with two attached hydrogens (primary N) is 1. The summed E-state index contributed by atoms with van der Waals surface area (Å²) in [7, 11) is 0. The minimum atomic E-state index is -0.265. The molecule has 96 valence electrons. The summed E-state index contributed by atoms with van der Waals surface area (Å²) in [6.07, 6.45) is 2.47. The fourth-order valence-corrected chi connectivity index (χ4v) is 2.24. The van der Waals surface area contributed by atoms with Gasteiger partial charge < -0.3 is 11.1 Å². The number of aliphatic imine (C=N–C) groups is 1. The largest absolute Gasteiger partial charge is 0.370 e. The Morgan fingerprint density at radius 3 is 3.11 bits per heavy atom. The van der Waals surface area contributed by atoms with Gasteiger partial charge in [0.05, 0.1) is 6.54 Å². The Morgan fingerprint density at radius 2 is 2.44 bits per heavy atom. The molecule has 0 aliphatic heterocycles. The molecule has 3 N–H and O–H groups in total. The molecule has 0 amide bonds. The van der Waals surface area contributed by atoms with E-state index in [1.807, 2.05) is 0 Å². The van der Waals surface area contributed by atoms with Gasteiger partial charge in [0.1, 0.15) is 5.82 Å². The van der Waals surface area contributed by atoms with Gasteiger partial charge in [0.25, 0.3) is 0 Å². The van der Waals surface area contributed by atoms with Crippen molar-refractivity contribution in [1.82, 2.24) is 5.32 Å². The minimum Gasteiger partial charge on any atom is -0.370 e. The highest BCUT2D eigenvalue weighted by Crippen LogP contribution is 2.44. The molecular formula is C13H15ClFN3. The van der Waals surface area contributed by atoms with Gasteiger partial charge in [-0.05, 0) is 18.6 Å². The predicted molar refractivity (Wildman–Crippen MR) is 72.4 cm³/mol. The van der Waals surface area contributed by atoms with Crippen LogP contribution in [0.5, 0.6) is 0 Å². The molecule has 1 fully saturated rings. The zero-order valence-electron chi connectivity index (χ0n) is 9.87. The van der Waals surface area contributed by atoms with Crippen molar-refractivity contribution in [2.24, 2.45) is 10.7 Å². The minimum absolute atomic E-state index is 0.0659. The van der Waals surface area contributed by atoms with Crippen molar-refractivity contribution in [3.63, 3.8) is 0 Å². The fourth-order valence-electron chi connectivity index (χ4n) is 1.94. The molecule has 2 atom stereocenters. The van der Waals surface area contributed by atoms with Crippen molar-refractivity contribution < 1.29 is 4.39 Å². The standard InChI is InChI=1S/C13H15ClFN3/c1-2-6-17-13(16)18-11-7-8(11)12-9(14)4-3-5-10(12)15/h2-5,8,11H,1,6-7H2,(H3,16,17,18)/t8-,11-/m1/s1. The van der Waals surface area contributed by atoms with E-state index in [-0.39, 0.29) is 17.8 Å². The van der Waals surface area contributed by atoms with Crippen LogP contribution in [0, 0.1) is 5.82 Å². The van der Waals surface area contributed by atoms with Crippen LogP contribution in [0.25, 0.3) is 0 Å². The number of halogens is 2. The van der Waals surface area contributed by atoms with E-state index in [0.717, 1.165) is 6.42 Å². The molecule has 1 aliphatic rings. The lowest BCUT2D eigenvalue weighted by atomic mass is 10.1. The highest BCUT2D eigenvalue weighted by Gasteiger charge is 2.41. The van der Waals surface area contributed by atoms with Gasteiger partial charge in [-0.1, -0.05) is 23.7 Å². The second-order valence-corrected chi connectivity index (χ2v) is 4.65. The van der Waals surface area contributed by atoms with Crippen molar-refractivity contribution in [2.45, 2.75) is 18.4 Å². The third-order valence-electron chi connectivity index (χ3n) is 2.88. The van der Waals surface area contributed by atoms with Crippen molar-refractivity contribution in [2.75, 3.05) is 6.54 Å². The van der Waals surface area contributed by atoms with Crippen molar-refractivity contribution in [3.05, 3.63) is 47.3 Å². The molecule has 0 unspecified atom stereocenters. The number of nitrogens with zero attached hydrogens (tertiary/aromatic N) is 1. The normalized spacial score (nSPS) is 22.7. The summed E-state index contributed by atoms with van der Waals surface area (Å²) in [6, 6.07) is 4.83. The van der Waals surface area contributed by atoms with Crippen LogP contribution < -0.4 is 11.1 Å². The Labute approximate surface area is 111 Å². The Morgan fingerprint density at radius 1 is 1.67 bits per heavy atom. The lowest BCUT2D eigenvalue weighted by Gasteiger charge is -2.07. The number of hydrogen-bond donors (Lipinski definition) is 2. The molecule has 0 radical (unpaired) electrons. The number of nitrogens with one attached hydrogen (secondary N) is 1. The Balaban J connectivity index is 2.01. The molecular weight excluding hydrogens is 253 g/mol. The van der Waals surface area contributed by atoms with E-state index in [2.05, 4.69) is 16.9 Å². The first-order valence-electron chi connectivity index (χ1n) is 5.74. The molecule has 1 aromatic rings. The molecule has 0 saturated heterocycles. The molecule has 5 heteroatoms. The SMILES string of the molecule is C=CCN=C(N)N[C@@H]1C[C@H]1c1c(F)cccc1Cl. The number of guanidine groups is 1. The average molecular weight is 268 g/mol. The van der Waals surface area contributed by atoms with Gasteiger partial charge in [-0.2, -0.15) is 0 Å². The second kappa shape index (κ2) is 5.40. The van der Waals surface area contributed by atoms with Crippen LogP contribution in [-0.4, -0.2) is 18.5 Å². The molecule has 0 aromatic heterocycles. The van der Waals surface area contributed by atoms with Gasteiger partial charge in [0.15, 0.2) is 5.96 Å². The topological polar surface area (TPSA) is 50.4 Å². The first-order chi connectivity index (χ1) is 8.63. The van der Waals surface area contributed by atoms with Crippen molar-refractivity contribution in [1.29, 1.82) is 0 Å². The maximum absolute atomic E-state index is 13.7. The van der Waals surface area contributed by atoms with Crippen LogP contribution in [0.3, 0.4) is 0 Å². The zero-order chi connectivity index (χ0) is 13.1. The van der Waals surface area contributed by atoms with E-state index in [1.54, 1.807) is 18.2 Å². The molecule has 1 saturated carbocycles. The van der Waals surface area contributed by atoms with Gasteiger partial charge in [-0.25, -0.2) is 9.38 Å². The van der Waals surface area contributed by atoms with Gasteiger partial charge in [0.2, 0.25) is 0 Å². The van der Waals surface area contributed by atoms with E-state index >= 15 is 0 Å². The summed E-state index contributed by atoms with van der Waals surface area (Å²) in [4.78, 5) is 4.03. The highest BCUT2D eigenvalue weighted by atomic mass is 35.5. The average Bonchev–Trinajstić information content (AvgIpc) is 3.05. The molecule has 0 bridgehead atoms. The third kappa shape index (κ3) is 2.82. The maximum Gasteiger partial charge on any atom is 0.189 e. The Hall–Kier alpha value is -1.55. The summed E-state index contributed by atoms with van der Waals surface area (Å²) in [5, 5.41) is 3.51. The number of hydrogen-bond acceptors (Lipinski definition) is 1. The van der Waals surface area contributed by atoms with E-state index in [0.29, 0.717) is 23.1 Å². The van der Waals surface area contributed by atoms with Gasteiger partial charge in [0, 0.05) is 22.5 Å². The van der Waals surface area contributed by atoms with Crippen LogP contribution in [0.2, 0.25) is 5.02 Å². The Bertz CT molecular complexity index is 467. The second-order valence-electron chi connectivity index (χ2n) is 4.24. The van der Waals surface area contributed by atoms with E-state index in [4.69, 9.17) is 17.3 Å². The monoisotopic (exact) mass is 267 g/mol. The third-order valence-corrected chi connectivity index (χ3v) is 3.21. The molecule has 0 spiro atoms. The van der Waals surface area contributed by atoms with Crippen LogP contribution >= 0.6 is 11.6 Å². The van der Waals surface area contributed by atoms with Gasteiger partial charge in [-0.15, -0.1) is 6.58 Å². The summed E-state index contributed by atoms with van der Waals surface area (Å²) in [6.45, 7) is 4.02. The summed E-state index contributed by atoms with van der Waals surface area (Å²) in [5.74, 6) is 0.157. The summed E-state index contributed by atoms with van der Waals surface area (Å²) < 4.78 is 13.7. The molecule has 1 aliphatic carbocycles. The van der Waals surface area contributed by atoms with E-state index in [1.165, 1.54) is 6.07 Å². The Kier molecular flexibility index (Phi) is 3.87. The lowest BCUT2D eigenvalue weighted by molar-refractivity contribution is 0.608. The maximum atomic E-state index is 13.7. The molecule has 0 heterocycles. The van der Waals surface area contributed by atoms with E-state index < -0.39 is 0 Å². The summed E-state index contributed by atoms with van der Waals surface area (Å²) >= 11 is 6.01. The lowest BCUT2D eigenvalue weighted by Crippen LogP contribution is -2.34. The van der Waals surface area contributed by atoms with Crippen LogP contribution in [0.4, 0.5) is 4.39 Å². The first-order valence-corrected chi connectivity index (χ1v) is 6.12. The van der Waals surface area contributed by atoms with Gasteiger partial charge in [-0.3, -0.25) is 0 Å². The quantitative estimate of drug-likeness (QED) is 0.500. The molecule has 3 nitrogen and oxygen atoms in total. The molecule has 2 rings (SSSR count). The smallest absolute Gasteiger partial charge is 0.189 e. The molecule has 18 heavy (non-hydrogen) atoms. The van der Waals surface area contributed by atoms with Crippen LogP contribution in [-0.2, 0) is 0 Å². The van der Waals surface area contributed by atoms with E-state index in [9.17, 15) is 4.39 Å². The highest BCUT2D eigenvalue weighted by molar-refractivity contribution is 6.31. The first kappa shape index (κ1) is 12.9. The summed E-state index contributed by atoms with van der Waals surface area (Å²) in [5.41, 5.74) is 6.24. The van der Waals surface area contributed by atoms with Gasteiger partial charge >= 0.3 is 0 Å². The molecule has 1 aromatic carbocycles. The predicted octanol–water partition coefficient (Wildman–Crippen LogP) is 2.43.